The fourth-order valence-electron chi connectivity index (χ4n) is 3.95. The van der Waals surface area contributed by atoms with E-state index in [4.69, 9.17) is 0 Å². The molecular formula is C23H28N2O4. The first-order valence-corrected chi connectivity index (χ1v) is 9.80. The maximum Gasteiger partial charge on any atom is 0.307 e. The number of rotatable bonds is 10. The van der Waals surface area contributed by atoms with Crippen LogP contribution in [-0.4, -0.2) is 39.3 Å². The molecule has 1 aromatic heterocycles. The molecule has 0 saturated carbocycles. The summed E-state index contributed by atoms with van der Waals surface area (Å²) < 4.78 is 2.16. The lowest BCUT2D eigenvalue weighted by Crippen LogP contribution is -2.49. The highest BCUT2D eigenvalue weighted by Gasteiger charge is 2.32. The zero-order valence-corrected chi connectivity index (χ0v) is 16.9. The van der Waals surface area contributed by atoms with Gasteiger partial charge in [-0.25, -0.2) is 0 Å². The van der Waals surface area contributed by atoms with Gasteiger partial charge in [0.25, 0.3) is 0 Å². The van der Waals surface area contributed by atoms with E-state index < -0.39 is 23.3 Å². The van der Waals surface area contributed by atoms with Crippen LogP contribution in [0.1, 0.15) is 26.7 Å². The van der Waals surface area contributed by atoms with E-state index in [1.807, 2.05) is 20.0 Å². The van der Waals surface area contributed by atoms with E-state index in [0.717, 1.165) is 10.9 Å². The Labute approximate surface area is 170 Å². The van der Waals surface area contributed by atoms with E-state index in [0.29, 0.717) is 6.54 Å². The van der Waals surface area contributed by atoms with Crippen LogP contribution in [0.25, 0.3) is 21.7 Å². The number of benzene rings is 3. The van der Waals surface area contributed by atoms with E-state index in [1.165, 1.54) is 16.8 Å². The van der Waals surface area contributed by atoms with Gasteiger partial charge in [0.2, 0.25) is 5.91 Å². The molecule has 0 aliphatic rings. The average molecular weight is 396 g/mol. The Hall–Kier alpha value is -2.86. The summed E-state index contributed by atoms with van der Waals surface area (Å²) in [5.74, 6) is -2.21. The third-order valence-electron chi connectivity index (χ3n) is 5.70. The fraction of sp³-hybridized carbons (Fsp3) is 0.391. The third-order valence-corrected chi connectivity index (χ3v) is 5.70. The Morgan fingerprint density at radius 2 is 1.86 bits per heavy atom. The van der Waals surface area contributed by atoms with Crippen molar-refractivity contribution in [2.24, 2.45) is 11.3 Å². The summed E-state index contributed by atoms with van der Waals surface area (Å²) in [5.41, 5.74) is 0.696. The summed E-state index contributed by atoms with van der Waals surface area (Å²) in [5, 5.41) is 25.5. The van der Waals surface area contributed by atoms with Gasteiger partial charge in [-0.15, -0.1) is 6.58 Å². The van der Waals surface area contributed by atoms with Gasteiger partial charge in [-0.2, -0.15) is 0 Å². The van der Waals surface area contributed by atoms with Crippen LogP contribution in [0.4, 0.5) is 0 Å². The number of aromatic nitrogens is 1. The quantitative estimate of drug-likeness (QED) is 0.458. The van der Waals surface area contributed by atoms with Crippen LogP contribution < -0.4 is 5.32 Å². The van der Waals surface area contributed by atoms with Crippen molar-refractivity contribution >= 4 is 33.6 Å². The van der Waals surface area contributed by atoms with Crippen molar-refractivity contribution < 1.29 is 19.8 Å². The lowest BCUT2D eigenvalue weighted by Gasteiger charge is -2.34. The van der Waals surface area contributed by atoms with Crippen LogP contribution in [0.5, 0.6) is 0 Å². The zero-order valence-electron chi connectivity index (χ0n) is 16.9. The summed E-state index contributed by atoms with van der Waals surface area (Å²) in [6.45, 7) is 7.90. The summed E-state index contributed by atoms with van der Waals surface area (Å²) >= 11 is 0. The smallest absolute Gasteiger partial charge is 0.307 e. The third kappa shape index (κ3) is 4.27. The van der Waals surface area contributed by atoms with Crippen LogP contribution in [0.15, 0.2) is 49.2 Å². The highest BCUT2D eigenvalue weighted by molar-refractivity contribution is 6.08. The van der Waals surface area contributed by atoms with Gasteiger partial charge in [-0.1, -0.05) is 44.2 Å². The molecule has 4 aromatic rings. The van der Waals surface area contributed by atoms with Gasteiger partial charge >= 0.3 is 5.97 Å². The van der Waals surface area contributed by atoms with Crippen molar-refractivity contribution in [2.75, 3.05) is 6.61 Å². The van der Waals surface area contributed by atoms with Crippen molar-refractivity contribution in [1.29, 1.82) is 0 Å². The molecule has 29 heavy (non-hydrogen) atoms. The van der Waals surface area contributed by atoms with E-state index in [-0.39, 0.29) is 25.4 Å². The lowest BCUT2D eigenvalue weighted by molar-refractivity contribution is -0.144. The van der Waals surface area contributed by atoms with Crippen LogP contribution >= 0.6 is 0 Å². The summed E-state index contributed by atoms with van der Waals surface area (Å²) in [7, 11) is 0. The minimum Gasteiger partial charge on any atom is -0.481 e. The molecule has 0 saturated heterocycles. The number of carbonyl (C=O) groups excluding carboxylic acids is 1. The maximum atomic E-state index is 12.4. The largest absolute Gasteiger partial charge is 0.481 e. The topological polar surface area (TPSA) is 91.6 Å². The van der Waals surface area contributed by atoms with Gasteiger partial charge in [0.05, 0.1) is 24.1 Å². The molecule has 0 aliphatic heterocycles. The molecule has 0 aliphatic carbocycles. The molecule has 3 aromatic carbocycles. The number of nitrogens with zero attached hydrogens (tertiary/aromatic N) is 1. The van der Waals surface area contributed by atoms with E-state index in [9.17, 15) is 19.8 Å². The standard InChI is InChI=1S/C23H28N2O4/c1-4-5-17(22(28)29)12-20(27)24-19(13-26)23(2,3)14-25-11-10-18-15-6-8-16(9-7-15)21(18)25/h4,6-11,17,19,26H,1,5,12-14H2,2-3H3,(H,24,27)(H,28,29)/t17?,19-/m0/s1. The highest BCUT2D eigenvalue weighted by atomic mass is 16.4. The van der Waals surface area contributed by atoms with Crippen LogP contribution in [0.3, 0.4) is 0 Å². The number of aliphatic carboxylic acids is 1. The molecular weight excluding hydrogens is 368 g/mol. The molecule has 0 radical (unpaired) electrons. The van der Waals surface area contributed by atoms with Gasteiger partial charge < -0.3 is 20.1 Å². The fourth-order valence-corrected chi connectivity index (χ4v) is 3.95. The number of fused-ring (bicyclic) bond motifs is 2. The van der Waals surface area contributed by atoms with Crippen LogP contribution in [-0.2, 0) is 16.1 Å². The van der Waals surface area contributed by atoms with Crippen molar-refractivity contribution in [2.45, 2.75) is 39.3 Å². The summed E-state index contributed by atoms with van der Waals surface area (Å²) in [6.07, 6.45) is 3.62. The van der Waals surface area contributed by atoms with Gasteiger partial charge in [-0.3, -0.25) is 9.59 Å². The monoisotopic (exact) mass is 396 g/mol. The summed E-state index contributed by atoms with van der Waals surface area (Å²) in [4.78, 5) is 23.7. The second-order valence-electron chi connectivity index (χ2n) is 8.34. The minimum absolute atomic E-state index is 0.140. The molecule has 154 valence electrons. The number of amides is 1. The second kappa shape index (κ2) is 8.25. The predicted octanol–water partition coefficient (Wildman–Crippen LogP) is 3.40. The molecule has 6 heteroatoms. The van der Waals surface area contributed by atoms with Crippen molar-refractivity contribution in [3.63, 3.8) is 0 Å². The molecule has 2 atom stereocenters. The molecule has 2 bridgehead atoms. The van der Waals surface area contributed by atoms with Crippen LogP contribution in [0.2, 0.25) is 0 Å². The number of aliphatic hydroxyl groups is 1. The molecule has 6 nitrogen and oxygen atoms in total. The van der Waals surface area contributed by atoms with Gasteiger partial charge in [0, 0.05) is 30.0 Å². The number of hydrogen-bond donors (Lipinski definition) is 3. The number of carboxylic acids is 1. The second-order valence-corrected chi connectivity index (χ2v) is 8.34. The van der Waals surface area contributed by atoms with E-state index in [1.54, 1.807) is 0 Å². The Morgan fingerprint density at radius 3 is 2.45 bits per heavy atom. The van der Waals surface area contributed by atoms with Crippen molar-refractivity contribution in [1.82, 2.24) is 9.88 Å². The molecule has 3 N–H and O–H groups in total. The summed E-state index contributed by atoms with van der Waals surface area (Å²) in [6, 6.07) is 9.98. The first-order valence-electron chi connectivity index (χ1n) is 9.80. The predicted molar refractivity (Wildman–Crippen MR) is 114 cm³/mol. The maximum absolute atomic E-state index is 12.4. The van der Waals surface area contributed by atoms with Gasteiger partial charge in [0.15, 0.2) is 0 Å². The molecule has 4 rings (SSSR count). The number of allylic oxidation sites excluding steroid dienone is 1. The van der Waals surface area contributed by atoms with Crippen LogP contribution in [0, 0.1) is 11.3 Å². The Bertz CT molecular complexity index is 1000. The Morgan fingerprint density at radius 1 is 1.21 bits per heavy atom. The Kier molecular flexibility index (Phi) is 5.94. The molecule has 1 amide bonds. The molecule has 0 fully saturated rings. The first kappa shape index (κ1) is 20.9. The van der Waals surface area contributed by atoms with Gasteiger partial charge in [0.1, 0.15) is 0 Å². The van der Waals surface area contributed by atoms with E-state index >= 15 is 0 Å². The number of hydrogen-bond acceptors (Lipinski definition) is 3. The minimum atomic E-state index is -1.02. The normalized spacial score (nSPS) is 14.2. The highest BCUT2D eigenvalue weighted by Crippen LogP contribution is 2.32. The van der Waals surface area contributed by atoms with Crippen molar-refractivity contribution in [3.8, 4) is 0 Å². The first-order chi connectivity index (χ1) is 13.8. The average Bonchev–Trinajstić information content (AvgIpc) is 3.12. The zero-order chi connectivity index (χ0) is 21.2. The van der Waals surface area contributed by atoms with E-state index in [2.05, 4.69) is 46.8 Å². The SMILES string of the molecule is C=CCC(CC(=O)N[C@@H](CO)C(C)(C)Cn1ccc2c3ccc(cc3)c21)C(=O)O. The number of carbonyl (C=O) groups is 2. The lowest BCUT2D eigenvalue weighted by atomic mass is 9.84. The Balaban J connectivity index is 1.75. The molecule has 1 unspecified atom stereocenters. The number of aliphatic hydroxyl groups excluding tert-OH is 1. The van der Waals surface area contributed by atoms with Crippen molar-refractivity contribution in [3.05, 3.63) is 49.2 Å². The number of carboxylic acid groups (broad SMARTS) is 1. The molecule has 0 spiro atoms. The van der Waals surface area contributed by atoms with Gasteiger partial charge in [-0.05, 0) is 23.3 Å². The number of nitrogens with one attached hydrogen (secondary N) is 1. The molecule has 1 heterocycles.